The fraction of sp³-hybridized carbons (Fsp3) is 0.471. The lowest BCUT2D eigenvalue weighted by Crippen LogP contribution is -2.34. The number of carbonyl (C=O) groups is 1. The molecule has 0 radical (unpaired) electrons. The van der Waals surface area contributed by atoms with E-state index in [2.05, 4.69) is 17.2 Å². The Morgan fingerprint density at radius 2 is 2.00 bits per heavy atom. The van der Waals surface area contributed by atoms with Crippen molar-refractivity contribution in [2.75, 3.05) is 6.61 Å². The minimum Gasteiger partial charge on any atom is -0.384 e. The maximum absolute atomic E-state index is 14.0. The number of aliphatic hydroxyl groups excluding tert-OH is 1. The molecule has 0 atom stereocenters. The smallest absolute Gasteiger partial charge is 0.254 e. The van der Waals surface area contributed by atoms with Gasteiger partial charge in [-0.05, 0) is 31.0 Å². The van der Waals surface area contributed by atoms with Gasteiger partial charge in [0.2, 0.25) is 0 Å². The maximum Gasteiger partial charge on any atom is 0.254 e. The highest BCUT2D eigenvalue weighted by molar-refractivity contribution is 5.94. The molecule has 0 saturated heterocycles. The monoisotopic (exact) mass is 289 g/mol. The Bertz CT molecular complexity index is 552. The summed E-state index contributed by atoms with van der Waals surface area (Å²) in [5.74, 6) is 4.13. The van der Waals surface area contributed by atoms with E-state index in [4.69, 9.17) is 5.11 Å². The quantitative estimate of drug-likeness (QED) is 0.649. The average Bonchev–Trinajstić information content (AvgIpc) is 2.73. The molecule has 2 rings (SSSR count). The Labute approximate surface area is 124 Å². The number of hydrogen-bond donors (Lipinski definition) is 2. The molecule has 0 aliphatic heterocycles. The summed E-state index contributed by atoms with van der Waals surface area (Å²) in [5.41, 5.74) is 0.501. The highest BCUT2D eigenvalue weighted by atomic mass is 19.1. The predicted octanol–water partition coefficient (Wildman–Crippen LogP) is 2.62. The van der Waals surface area contributed by atoms with E-state index in [1.54, 1.807) is 6.07 Å². The van der Waals surface area contributed by atoms with Gasteiger partial charge in [0.25, 0.3) is 5.91 Å². The first-order chi connectivity index (χ1) is 10.2. The van der Waals surface area contributed by atoms with Gasteiger partial charge < -0.3 is 10.4 Å². The Balaban J connectivity index is 2.04. The van der Waals surface area contributed by atoms with E-state index in [0.717, 1.165) is 25.7 Å². The van der Waals surface area contributed by atoms with Crippen LogP contribution in [0.5, 0.6) is 0 Å². The van der Waals surface area contributed by atoms with Crippen molar-refractivity contribution in [3.05, 3.63) is 35.1 Å². The second-order valence-electron chi connectivity index (χ2n) is 5.32. The first-order valence-electron chi connectivity index (χ1n) is 7.41. The molecule has 4 heteroatoms. The number of carbonyl (C=O) groups excluding carboxylic acids is 1. The van der Waals surface area contributed by atoms with Crippen LogP contribution in [0.15, 0.2) is 18.2 Å². The van der Waals surface area contributed by atoms with Crippen LogP contribution >= 0.6 is 0 Å². The lowest BCUT2D eigenvalue weighted by Gasteiger charge is -2.16. The Hall–Kier alpha value is -1.86. The van der Waals surface area contributed by atoms with Crippen molar-refractivity contribution in [1.82, 2.24) is 5.32 Å². The van der Waals surface area contributed by atoms with Crippen LogP contribution in [0.3, 0.4) is 0 Å². The van der Waals surface area contributed by atoms with Crippen molar-refractivity contribution in [2.24, 2.45) is 0 Å². The summed E-state index contributed by atoms with van der Waals surface area (Å²) in [4.78, 5) is 12.1. The standard InChI is InChI=1S/C17H20FNO2/c18-16-12-13(6-5-11-20)9-10-15(16)17(21)19-14-7-3-1-2-4-8-14/h9-10,12,14,20H,1-4,7-8,11H2,(H,19,21). The van der Waals surface area contributed by atoms with Gasteiger partial charge in [0.15, 0.2) is 0 Å². The lowest BCUT2D eigenvalue weighted by atomic mass is 10.1. The molecule has 1 fully saturated rings. The molecule has 3 nitrogen and oxygen atoms in total. The van der Waals surface area contributed by atoms with Gasteiger partial charge in [0.05, 0.1) is 5.56 Å². The second-order valence-corrected chi connectivity index (χ2v) is 5.32. The van der Waals surface area contributed by atoms with Crippen LogP contribution in [-0.4, -0.2) is 23.7 Å². The van der Waals surface area contributed by atoms with Crippen LogP contribution in [0.2, 0.25) is 0 Å². The van der Waals surface area contributed by atoms with E-state index in [9.17, 15) is 9.18 Å². The van der Waals surface area contributed by atoms with E-state index in [1.165, 1.54) is 25.0 Å². The van der Waals surface area contributed by atoms with Gasteiger partial charge in [0, 0.05) is 11.6 Å². The largest absolute Gasteiger partial charge is 0.384 e. The summed E-state index contributed by atoms with van der Waals surface area (Å²) in [6, 6.07) is 4.41. The molecule has 1 aliphatic carbocycles. The van der Waals surface area contributed by atoms with E-state index in [0.29, 0.717) is 5.56 Å². The molecule has 0 aromatic heterocycles. The van der Waals surface area contributed by atoms with E-state index in [1.807, 2.05) is 0 Å². The van der Waals surface area contributed by atoms with Crippen LogP contribution in [0, 0.1) is 17.7 Å². The summed E-state index contributed by atoms with van der Waals surface area (Å²) in [7, 11) is 0. The zero-order valence-electron chi connectivity index (χ0n) is 12.0. The normalized spacial score (nSPS) is 15.7. The van der Waals surface area contributed by atoms with Gasteiger partial charge in [-0.1, -0.05) is 37.5 Å². The first kappa shape index (κ1) is 15.5. The van der Waals surface area contributed by atoms with Crippen molar-refractivity contribution in [3.63, 3.8) is 0 Å². The molecule has 0 bridgehead atoms. The molecule has 1 aromatic carbocycles. The summed E-state index contributed by atoms with van der Waals surface area (Å²) in [6.07, 6.45) is 6.57. The van der Waals surface area contributed by atoms with Crippen LogP contribution in [0.1, 0.15) is 54.4 Å². The minimum atomic E-state index is -0.578. The number of amides is 1. The van der Waals surface area contributed by atoms with E-state index >= 15 is 0 Å². The van der Waals surface area contributed by atoms with Crippen molar-refractivity contribution in [1.29, 1.82) is 0 Å². The zero-order chi connectivity index (χ0) is 15.1. The highest BCUT2D eigenvalue weighted by Gasteiger charge is 2.18. The van der Waals surface area contributed by atoms with Gasteiger partial charge in [-0.3, -0.25) is 4.79 Å². The highest BCUT2D eigenvalue weighted by Crippen LogP contribution is 2.18. The Kier molecular flexibility index (Phi) is 5.77. The zero-order valence-corrected chi connectivity index (χ0v) is 12.0. The third kappa shape index (κ3) is 4.57. The minimum absolute atomic E-state index is 0.0498. The summed E-state index contributed by atoms with van der Waals surface area (Å²) in [6.45, 7) is -0.272. The topological polar surface area (TPSA) is 49.3 Å². The fourth-order valence-electron chi connectivity index (χ4n) is 2.61. The van der Waals surface area contributed by atoms with Crippen molar-refractivity contribution in [3.8, 4) is 11.8 Å². The van der Waals surface area contributed by atoms with Gasteiger partial charge >= 0.3 is 0 Å². The molecule has 112 valence electrons. The SMILES string of the molecule is O=C(NC1CCCCCC1)c1ccc(C#CCO)cc1F. The predicted molar refractivity (Wildman–Crippen MR) is 79.3 cm³/mol. The molecule has 2 N–H and O–H groups in total. The molecular formula is C17H20FNO2. The third-order valence-electron chi connectivity index (χ3n) is 3.72. The second kappa shape index (κ2) is 7.80. The number of rotatable bonds is 2. The molecule has 1 aliphatic rings. The van der Waals surface area contributed by atoms with Gasteiger partial charge in [-0.15, -0.1) is 0 Å². The van der Waals surface area contributed by atoms with Crippen molar-refractivity contribution in [2.45, 2.75) is 44.6 Å². The fourth-order valence-corrected chi connectivity index (χ4v) is 2.61. The first-order valence-corrected chi connectivity index (χ1v) is 7.41. The Morgan fingerprint density at radius 1 is 1.29 bits per heavy atom. The number of nitrogens with one attached hydrogen (secondary N) is 1. The maximum atomic E-state index is 14.0. The van der Waals surface area contributed by atoms with Crippen molar-refractivity contribution >= 4 is 5.91 Å². The number of benzene rings is 1. The average molecular weight is 289 g/mol. The van der Waals surface area contributed by atoms with Gasteiger partial charge in [-0.25, -0.2) is 4.39 Å². The van der Waals surface area contributed by atoms with Crippen LogP contribution in [0.25, 0.3) is 0 Å². The molecule has 0 heterocycles. The molecule has 0 spiro atoms. The molecule has 1 aromatic rings. The van der Waals surface area contributed by atoms with E-state index < -0.39 is 5.82 Å². The number of hydrogen-bond acceptors (Lipinski definition) is 2. The Morgan fingerprint density at radius 3 is 2.62 bits per heavy atom. The third-order valence-corrected chi connectivity index (χ3v) is 3.72. The molecule has 0 unspecified atom stereocenters. The van der Waals surface area contributed by atoms with Crippen LogP contribution in [-0.2, 0) is 0 Å². The summed E-state index contributed by atoms with van der Waals surface area (Å²) in [5, 5.41) is 11.5. The van der Waals surface area contributed by atoms with Crippen LogP contribution in [0.4, 0.5) is 4.39 Å². The van der Waals surface area contributed by atoms with Gasteiger partial charge in [-0.2, -0.15) is 0 Å². The number of aliphatic hydroxyl groups is 1. The molecule has 1 saturated carbocycles. The number of halogens is 1. The van der Waals surface area contributed by atoms with Gasteiger partial charge in [0.1, 0.15) is 12.4 Å². The van der Waals surface area contributed by atoms with E-state index in [-0.39, 0.29) is 24.1 Å². The molecule has 21 heavy (non-hydrogen) atoms. The lowest BCUT2D eigenvalue weighted by molar-refractivity contribution is 0.0929. The molecule has 1 amide bonds. The summed E-state index contributed by atoms with van der Waals surface area (Å²) < 4.78 is 14.0. The summed E-state index contributed by atoms with van der Waals surface area (Å²) >= 11 is 0. The van der Waals surface area contributed by atoms with Crippen LogP contribution < -0.4 is 5.32 Å². The van der Waals surface area contributed by atoms with Crippen molar-refractivity contribution < 1.29 is 14.3 Å². The molecular weight excluding hydrogens is 269 g/mol.